The van der Waals surface area contributed by atoms with Gasteiger partial charge >= 0.3 is 6.09 Å². The van der Waals surface area contributed by atoms with Crippen LogP contribution in [0.5, 0.6) is 5.75 Å². The fourth-order valence-corrected chi connectivity index (χ4v) is 2.27. The maximum absolute atomic E-state index is 14.4. The lowest BCUT2D eigenvalue weighted by Gasteiger charge is -2.21. The molecule has 22 heavy (non-hydrogen) atoms. The summed E-state index contributed by atoms with van der Waals surface area (Å²) in [4.78, 5) is 12.1. The number of nitrogens with zero attached hydrogens (tertiary/aromatic N) is 1. The van der Waals surface area contributed by atoms with Crippen LogP contribution in [0.2, 0.25) is 0 Å². The number of benzene rings is 1. The van der Waals surface area contributed by atoms with Gasteiger partial charge in [-0.3, -0.25) is 0 Å². The van der Waals surface area contributed by atoms with Crippen molar-refractivity contribution < 1.29 is 18.7 Å². The average molecular weight is 307 g/mol. The molecule has 0 N–H and O–H groups in total. The summed E-state index contributed by atoms with van der Waals surface area (Å²) in [6.45, 7) is 9.55. The van der Waals surface area contributed by atoms with E-state index in [-0.39, 0.29) is 11.3 Å². The summed E-state index contributed by atoms with van der Waals surface area (Å²) in [7, 11) is 0. The van der Waals surface area contributed by atoms with Gasteiger partial charge in [-0.25, -0.2) is 13.8 Å². The van der Waals surface area contributed by atoms with Crippen LogP contribution in [-0.4, -0.2) is 22.9 Å². The second kappa shape index (κ2) is 5.99. The predicted octanol–water partition coefficient (Wildman–Crippen LogP) is 4.66. The van der Waals surface area contributed by atoms with E-state index in [4.69, 9.17) is 9.47 Å². The van der Waals surface area contributed by atoms with Gasteiger partial charge in [0.25, 0.3) is 0 Å². The van der Waals surface area contributed by atoms with Gasteiger partial charge in [-0.2, -0.15) is 0 Å². The topological polar surface area (TPSA) is 40.5 Å². The van der Waals surface area contributed by atoms with Crippen LogP contribution in [-0.2, 0) is 4.74 Å². The number of hydrogen-bond acceptors (Lipinski definition) is 3. The first-order valence-corrected chi connectivity index (χ1v) is 7.41. The molecule has 4 nitrogen and oxygen atoms in total. The highest BCUT2D eigenvalue weighted by Crippen LogP contribution is 2.29. The summed E-state index contributed by atoms with van der Waals surface area (Å²) >= 11 is 0. The molecule has 0 fully saturated rings. The summed E-state index contributed by atoms with van der Waals surface area (Å²) in [6, 6.07) is 5.03. The minimum absolute atomic E-state index is 0.240. The first kappa shape index (κ1) is 16.3. The fourth-order valence-electron chi connectivity index (χ4n) is 2.27. The molecular formula is C17H22FNO3. The molecule has 0 aliphatic carbocycles. The Bertz CT molecular complexity index is 698. The van der Waals surface area contributed by atoms with E-state index in [9.17, 15) is 9.18 Å². The Morgan fingerprint density at radius 3 is 2.59 bits per heavy atom. The Hall–Kier alpha value is -2.04. The first-order chi connectivity index (χ1) is 10.2. The molecule has 1 aromatic carbocycles. The van der Waals surface area contributed by atoms with Gasteiger partial charge in [0.1, 0.15) is 11.4 Å². The van der Waals surface area contributed by atoms with Gasteiger partial charge in [0.05, 0.1) is 17.8 Å². The molecule has 0 saturated heterocycles. The SMILES string of the molecule is CCCOC(=O)n1c(C)c(F)c2cc(OC(C)(C)C)ccc21. The van der Waals surface area contributed by atoms with E-state index in [2.05, 4.69) is 0 Å². The quantitative estimate of drug-likeness (QED) is 0.828. The maximum atomic E-state index is 14.4. The summed E-state index contributed by atoms with van der Waals surface area (Å²) in [5, 5.41) is 0.354. The Balaban J connectivity index is 2.48. The zero-order valence-corrected chi connectivity index (χ0v) is 13.7. The van der Waals surface area contributed by atoms with Crippen LogP contribution in [0.25, 0.3) is 10.9 Å². The molecule has 1 aromatic heterocycles. The van der Waals surface area contributed by atoms with Gasteiger partial charge in [0, 0.05) is 5.39 Å². The molecule has 1 heterocycles. The molecular weight excluding hydrogens is 285 g/mol. The number of halogens is 1. The van der Waals surface area contributed by atoms with Crippen LogP contribution >= 0.6 is 0 Å². The predicted molar refractivity (Wildman–Crippen MR) is 84.1 cm³/mol. The van der Waals surface area contributed by atoms with Gasteiger partial charge in [-0.1, -0.05) is 6.92 Å². The van der Waals surface area contributed by atoms with E-state index in [1.807, 2.05) is 27.7 Å². The summed E-state index contributed by atoms with van der Waals surface area (Å²) in [5.74, 6) is 0.140. The van der Waals surface area contributed by atoms with E-state index in [0.717, 1.165) is 6.42 Å². The second-order valence-corrected chi connectivity index (χ2v) is 6.24. The summed E-state index contributed by atoms with van der Waals surface area (Å²) < 4.78 is 26.6. The van der Waals surface area contributed by atoms with Gasteiger partial charge < -0.3 is 9.47 Å². The highest BCUT2D eigenvalue weighted by molar-refractivity contribution is 5.92. The van der Waals surface area contributed by atoms with E-state index in [0.29, 0.717) is 23.3 Å². The summed E-state index contributed by atoms with van der Waals surface area (Å²) in [5.41, 5.74) is 0.350. The van der Waals surface area contributed by atoms with Crippen molar-refractivity contribution >= 4 is 17.0 Å². The Morgan fingerprint density at radius 2 is 2.00 bits per heavy atom. The largest absolute Gasteiger partial charge is 0.488 e. The number of hydrogen-bond donors (Lipinski definition) is 0. The Morgan fingerprint density at radius 1 is 1.32 bits per heavy atom. The fraction of sp³-hybridized carbons (Fsp3) is 0.471. The van der Waals surface area contributed by atoms with E-state index >= 15 is 0 Å². The summed E-state index contributed by atoms with van der Waals surface area (Å²) in [6.07, 6.45) is 0.161. The molecule has 0 unspecified atom stereocenters. The third-order valence-electron chi connectivity index (χ3n) is 3.13. The number of aromatic nitrogens is 1. The van der Waals surface area contributed by atoms with Gasteiger partial charge in [-0.15, -0.1) is 0 Å². The number of fused-ring (bicyclic) bond motifs is 1. The molecule has 0 bridgehead atoms. The Labute approximate surface area is 129 Å². The van der Waals surface area contributed by atoms with Crippen LogP contribution in [0.15, 0.2) is 18.2 Å². The van der Waals surface area contributed by atoms with Crippen LogP contribution in [0.3, 0.4) is 0 Å². The lowest BCUT2D eigenvalue weighted by molar-refractivity contribution is 0.131. The molecule has 0 spiro atoms. The lowest BCUT2D eigenvalue weighted by atomic mass is 10.2. The van der Waals surface area contributed by atoms with Crippen molar-refractivity contribution in [2.24, 2.45) is 0 Å². The molecule has 0 radical (unpaired) electrons. The molecule has 0 amide bonds. The van der Waals surface area contributed by atoms with Crippen molar-refractivity contribution in [1.82, 2.24) is 4.57 Å². The molecule has 0 aliphatic rings. The van der Waals surface area contributed by atoms with Crippen molar-refractivity contribution in [1.29, 1.82) is 0 Å². The number of carbonyl (C=O) groups is 1. The van der Waals surface area contributed by atoms with Crippen molar-refractivity contribution in [2.45, 2.75) is 46.6 Å². The van der Waals surface area contributed by atoms with Crippen molar-refractivity contribution in [3.63, 3.8) is 0 Å². The highest BCUT2D eigenvalue weighted by Gasteiger charge is 2.21. The Kier molecular flexibility index (Phi) is 4.44. The second-order valence-electron chi connectivity index (χ2n) is 6.24. The molecule has 2 rings (SSSR count). The smallest absolute Gasteiger partial charge is 0.418 e. The number of rotatable bonds is 3. The minimum Gasteiger partial charge on any atom is -0.488 e. The average Bonchev–Trinajstić information content (AvgIpc) is 2.67. The molecule has 0 aliphatic heterocycles. The highest BCUT2D eigenvalue weighted by atomic mass is 19.1. The van der Waals surface area contributed by atoms with Crippen molar-refractivity contribution in [3.8, 4) is 5.75 Å². The molecule has 5 heteroatoms. The molecule has 120 valence electrons. The van der Waals surface area contributed by atoms with Crippen molar-refractivity contribution in [2.75, 3.05) is 6.61 Å². The van der Waals surface area contributed by atoms with Crippen molar-refractivity contribution in [3.05, 3.63) is 29.7 Å². The zero-order valence-electron chi connectivity index (χ0n) is 13.7. The molecule has 2 aromatic rings. The van der Waals surface area contributed by atoms with E-state index < -0.39 is 11.9 Å². The van der Waals surface area contributed by atoms with Gasteiger partial charge in [0.2, 0.25) is 0 Å². The maximum Gasteiger partial charge on any atom is 0.418 e. The molecule has 0 atom stereocenters. The normalized spacial score (nSPS) is 11.7. The minimum atomic E-state index is -0.558. The third kappa shape index (κ3) is 3.24. The van der Waals surface area contributed by atoms with Crippen LogP contribution in [0, 0.1) is 12.7 Å². The van der Waals surface area contributed by atoms with Crippen LogP contribution < -0.4 is 4.74 Å². The third-order valence-corrected chi connectivity index (χ3v) is 3.13. The van der Waals surface area contributed by atoms with E-state index in [1.165, 1.54) is 4.57 Å². The first-order valence-electron chi connectivity index (χ1n) is 7.41. The number of carbonyl (C=O) groups excluding carboxylic acids is 1. The van der Waals surface area contributed by atoms with Gasteiger partial charge in [-0.05, 0) is 52.3 Å². The number of ether oxygens (including phenoxy) is 2. The van der Waals surface area contributed by atoms with Crippen LogP contribution in [0.4, 0.5) is 9.18 Å². The standard InChI is InChI=1S/C17H22FNO3/c1-6-9-21-16(20)19-11(2)15(18)13-10-12(7-8-14(13)19)22-17(3,4)5/h7-8,10H,6,9H2,1-5H3. The molecule has 0 saturated carbocycles. The van der Waals surface area contributed by atoms with Gasteiger partial charge in [0.15, 0.2) is 5.82 Å². The zero-order chi connectivity index (χ0) is 16.5. The lowest BCUT2D eigenvalue weighted by Crippen LogP contribution is -2.22. The van der Waals surface area contributed by atoms with E-state index in [1.54, 1.807) is 25.1 Å². The monoisotopic (exact) mass is 307 g/mol. The van der Waals surface area contributed by atoms with Crippen LogP contribution in [0.1, 0.15) is 39.8 Å².